The fourth-order valence-corrected chi connectivity index (χ4v) is 1.35. The molecular weight excluding hydrogens is 246 g/mol. The number of nitrogens with one attached hydrogen (secondary N) is 2. The Bertz CT molecular complexity index is 397. The molecule has 0 saturated carbocycles. The van der Waals surface area contributed by atoms with E-state index in [4.69, 9.17) is 4.74 Å². The molecule has 106 valence electrons. The van der Waals surface area contributed by atoms with Gasteiger partial charge in [0, 0.05) is 46.9 Å². The van der Waals surface area contributed by atoms with Crippen LogP contribution in [-0.2, 0) is 9.53 Å². The van der Waals surface area contributed by atoms with E-state index in [1.165, 1.54) is 0 Å². The lowest BCUT2D eigenvalue weighted by Gasteiger charge is -2.11. The number of aromatic nitrogens is 2. The van der Waals surface area contributed by atoms with E-state index >= 15 is 0 Å². The number of amides is 1. The van der Waals surface area contributed by atoms with Crippen LogP contribution in [0.1, 0.15) is 6.42 Å². The van der Waals surface area contributed by atoms with Crippen molar-refractivity contribution in [3.63, 3.8) is 0 Å². The van der Waals surface area contributed by atoms with Gasteiger partial charge in [0.2, 0.25) is 11.9 Å². The fourth-order valence-electron chi connectivity index (χ4n) is 1.35. The number of hydrogen-bond acceptors (Lipinski definition) is 6. The maximum Gasteiger partial charge on any atom is 0.226 e. The molecule has 0 aliphatic heterocycles. The zero-order valence-electron chi connectivity index (χ0n) is 11.6. The highest BCUT2D eigenvalue weighted by atomic mass is 16.5. The summed E-state index contributed by atoms with van der Waals surface area (Å²) in [6, 6.07) is 1.77. The molecular formula is C12H21N5O2. The Morgan fingerprint density at radius 3 is 2.89 bits per heavy atom. The van der Waals surface area contributed by atoms with Gasteiger partial charge >= 0.3 is 0 Å². The van der Waals surface area contributed by atoms with Crippen LogP contribution < -0.4 is 15.5 Å². The molecule has 0 bridgehead atoms. The van der Waals surface area contributed by atoms with E-state index in [1.54, 1.807) is 19.4 Å². The van der Waals surface area contributed by atoms with Crippen molar-refractivity contribution in [2.75, 3.05) is 51.1 Å². The van der Waals surface area contributed by atoms with Crippen LogP contribution in [0.2, 0.25) is 0 Å². The number of methoxy groups -OCH3 is 1. The van der Waals surface area contributed by atoms with E-state index in [-0.39, 0.29) is 5.91 Å². The molecule has 0 spiro atoms. The number of rotatable bonds is 8. The first-order valence-electron chi connectivity index (χ1n) is 6.13. The van der Waals surface area contributed by atoms with Crippen LogP contribution in [0.3, 0.4) is 0 Å². The first kappa shape index (κ1) is 15.2. The lowest BCUT2D eigenvalue weighted by atomic mass is 10.4. The van der Waals surface area contributed by atoms with Gasteiger partial charge in [0.15, 0.2) is 0 Å². The third kappa shape index (κ3) is 6.01. The smallest absolute Gasteiger partial charge is 0.226 e. The zero-order chi connectivity index (χ0) is 14.1. The van der Waals surface area contributed by atoms with Crippen LogP contribution in [0.5, 0.6) is 0 Å². The molecule has 2 N–H and O–H groups in total. The van der Waals surface area contributed by atoms with Crippen molar-refractivity contribution < 1.29 is 9.53 Å². The fraction of sp³-hybridized carbons (Fsp3) is 0.583. The molecule has 1 amide bonds. The van der Waals surface area contributed by atoms with Crippen molar-refractivity contribution in [1.29, 1.82) is 0 Å². The highest BCUT2D eigenvalue weighted by Gasteiger charge is 2.03. The number of hydrogen-bond donors (Lipinski definition) is 2. The molecule has 0 radical (unpaired) electrons. The topological polar surface area (TPSA) is 79.4 Å². The predicted molar refractivity (Wildman–Crippen MR) is 74.4 cm³/mol. The molecule has 1 aromatic rings. The van der Waals surface area contributed by atoms with Crippen LogP contribution in [-0.4, -0.2) is 56.8 Å². The molecule has 0 aliphatic carbocycles. The summed E-state index contributed by atoms with van der Waals surface area (Å²) in [5.41, 5.74) is 0. The van der Waals surface area contributed by atoms with Gasteiger partial charge in [-0.1, -0.05) is 0 Å². The number of anilines is 2. The van der Waals surface area contributed by atoms with Crippen molar-refractivity contribution in [1.82, 2.24) is 15.3 Å². The second-order valence-electron chi connectivity index (χ2n) is 4.16. The van der Waals surface area contributed by atoms with Gasteiger partial charge in [-0.3, -0.25) is 4.79 Å². The maximum atomic E-state index is 11.4. The molecule has 0 saturated heterocycles. The third-order valence-electron chi connectivity index (χ3n) is 2.33. The van der Waals surface area contributed by atoms with Gasteiger partial charge in [0.1, 0.15) is 5.82 Å². The summed E-state index contributed by atoms with van der Waals surface area (Å²) in [6.07, 6.45) is 2.08. The number of carbonyl (C=O) groups is 1. The molecule has 0 aliphatic rings. The summed E-state index contributed by atoms with van der Waals surface area (Å²) in [7, 11) is 5.36. The van der Waals surface area contributed by atoms with Gasteiger partial charge in [0.05, 0.1) is 6.61 Å². The molecule has 0 fully saturated rings. The summed E-state index contributed by atoms with van der Waals surface area (Å²) in [6.45, 7) is 1.59. The first-order valence-corrected chi connectivity index (χ1v) is 6.13. The van der Waals surface area contributed by atoms with E-state index in [1.807, 2.05) is 19.0 Å². The van der Waals surface area contributed by atoms with E-state index in [2.05, 4.69) is 20.6 Å². The van der Waals surface area contributed by atoms with Crippen LogP contribution in [0, 0.1) is 0 Å². The van der Waals surface area contributed by atoms with Gasteiger partial charge in [-0.15, -0.1) is 0 Å². The lowest BCUT2D eigenvalue weighted by Crippen LogP contribution is -2.28. The molecule has 0 aromatic carbocycles. The molecule has 19 heavy (non-hydrogen) atoms. The summed E-state index contributed by atoms with van der Waals surface area (Å²) >= 11 is 0. The van der Waals surface area contributed by atoms with Crippen molar-refractivity contribution in [2.45, 2.75) is 6.42 Å². The number of nitrogens with zero attached hydrogens (tertiary/aromatic N) is 3. The minimum atomic E-state index is -0.00793. The average molecular weight is 267 g/mol. The van der Waals surface area contributed by atoms with Crippen molar-refractivity contribution in [2.24, 2.45) is 0 Å². The Kier molecular flexibility index (Phi) is 6.59. The summed E-state index contributed by atoms with van der Waals surface area (Å²) in [5, 5.41) is 5.85. The second-order valence-corrected chi connectivity index (χ2v) is 4.16. The van der Waals surface area contributed by atoms with E-state index in [9.17, 15) is 4.79 Å². The Morgan fingerprint density at radius 2 is 2.21 bits per heavy atom. The van der Waals surface area contributed by atoms with E-state index in [0.29, 0.717) is 37.9 Å². The van der Waals surface area contributed by atoms with Crippen LogP contribution in [0.4, 0.5) is 11.8 Å². The minimum Gasteiger partial charge on any atom is -0.383 e. The largest absolute Gasteiger partial charge is 0.383 e. The third-order valence-corrected chi connectivity index (χ3v) is 2.33. The molecule has 0 unspecified atom stereocenters. The van der Waals surface area contributed by atoms with Crippen LogP contribution >= 0.6 is 0 Å². The van der Waals surface area contributed by atoms with Crippen LogP contribution in [0.25, 0.3) is 0 Å². The van der Waals surface area contributed by atoms with Crippen LogP contribution in [0.15, 0.2) is 12.3 Å². The molecule has 0 atom stereocenters. The first-order chi connectivity index (χ1) is 9.13. The molecule has 7 heteroatoms. The minimum absolute atomic E-state index is 0.00793. The van der Waals surface area contributed by atoms with Crippen molar-refractivity contribution in [3.8, 4) is 0 Å². The van der Waals surface area contributed by atoms with E-state index < -0.39 is 0 Å². The van der Waals surface area contributed by atoms with E-state index in [0.717, 1.165) is 0 Å². The highest BCUT2D eigenvalue weighted by Crippen LogP contribution is 2.07. The monoisotopic (exact) mass is 267 g/mol. The Balaban J connectivity index is 2.29. The summed E-state index contributed by atoms with van der Waals surface area (Å²) in [4.78, 5) is 21.7. The predicted octanol–water partition coefficient (Wildman–Crippen LogP) is 0.107. The summed E-state index contributed by atoms with van der Waals surface area (Å²) < 4.78 is 4.85. The van der Waals surface area contributed by atoms with Gasteiger partial charge < -0.3 is 20.3 Å². The van der Waals surface area contributed by atoms with Gasteiger partial charge in [-0.05, 0) is 6.07 Å². The number of ether oxygens (including phenoxy) is 1. The Morgan fingerprint density at radius 1 is 1.42 bits per heavy atom. The zero-order valence-corrected chi connectivity index (χ0v) is 11.6. The Labute approximate surface area is 113 Å². The number of carbonyl (C=O) groups excluding carboxylic acids is 1. The molecule has 1 aromatic heterocycles. The van der Waals surface area contributed by atoms with Gasteiger partial charge in [-0.25, -0.2) is 4.98 Å². The standard InChI is InChI=1S/C12H21N5O2/c1-17(2)12-15-6-4-10(16-12)13-7-5-11(18)14-8-9-19-3/h4,6H,5,7-9H2,1-3H3,(H,14,18)(H,13,15,16). The van der Waals surface area contributed by atoms with Gasteiger partial charge in [0.25, 0.3) is 0 Å². The molecule has 1 rings (SSSR count). The molecule has 1 heterocycles. The normalized spacial score (nSPS) is 10.1. The lowest BCUT2D eigenvalue weighted by molar-refractivity contribution is -0.121. The molecule has 7 nitrogen and oxygen atoms in total. The van der Waals surface area contributed by atoms with Crippen molar-refractivity contribution >= 4 is 17.7 Å². The van der Waals surface area contributed by atoms with Crippen molar-refractivity contribution in [3.05, 3.63) is 12.3 Å². The Hall–Kier alpha value is -1.89. The quantitative estimate of drug-likeness (QED) is 0.651. The van der Waals surface area contributed by atoms with Gasteiger partial charge in [-0.2, -0.15) is 4.98 Å². The average Bonchev–Trinajstić information content (AvgIpc) is 2.39. The maximum absolute atomic E-state index is 11.4. The highest BCUT2D eigenvalue weighted by molar-refractivity contribution is 5.76. The summed E-state index contributed by atoms with van der Waals surface area (Å²) in [5.74, 6) is 1.34. The second kappa shape index (κ2) is 8.25. The SMILES string of the molecule is COCCNC(=O)CCNc1ccnc(N(C)C)n1.